The topological polar surface area (TPSA) is 51.1 Å². The van der Waals surface area contributed by atoms with Crippen LogP contribution in [0.25, 0.3) is 0 Å². The first kappa shape index (κ1) is 13.5. The molecule has 1 heterocycles. The molecule has 0 aliphatic rings. The summed E-state index contributed by atoms with van der Waals surface area (Å²) in [6.07, 6.45) is 1.51. The Labute approximate surface area is 119 Å². The summed E-state index contributed by atoms with van der Waals surface area (Å²) in [7, 11) is 1.61. The second kappa shape index (κ2) is 5.40. The quantitative estimate of drug-likeness (QED) is 0.925. The first-order valence-corrected chi connectivity index (χ1v) is 6.51. The Morgan fingerprint density at radius 2 is 2.00 bits per heavy atom. The molecule has 0 atom stereocenters. The first-order valence-electron chi connectivity index (χ1n) is 5.71. The Bertz CT molecular complexity index is 692. The number of rotatable bonds is 2. The Morgan fingerprint density at radius 3 is 2.63 bits per heavy atom. The van der Waals surface area contributed by atoms with E-state index < -0.39 is 0 Å². The molecular formula is C14H13BrN2O2. The number of carbonyl (C=O) groups excluding carboxylic acids is 1. The molecule has 0 saturated heterocycles. The van der Waals surface area contributed by atoms with Gasteiger partial charge in [-0.2, -0.15) is 0 Å². The minimum absolute atomic E-state index is 0.145. The maximum Gasteiger partial charge on any atom is 0.257 e. The summed E-state index contributed by atoms with van der Waals surface area (Å²) in [5.41, 5.74) is 2.10. The van der Waals surface area contributed by atoms with Gasteiger partial charge in [0.1, 0.15) is 0 Å². The zero-order valence-electron chi connectivity index (χ0n) is 10.6. The molecule has 2 rings (SSSR count). The van der Waals surface area contributed by atoms with E-state index in [1.807, 2.05) is 25.1 Å². The maximum atomic E-state index is 12.1. The molecule has 0 aliphatic heterocycles. The molecule has 4 nitrogen and oxygen atoms in total. The van der Waals surface area contributed by atoms with E-state index in [9.17, 15) is 9.59 Å². The van der Waals surface area contributed by atoms with Gasteiger partial charge in [-0.1, -0.05) is 6.07 Å². The third-order valence-corrected chi connectivity index (χ3v) is 3.38. The van der Waals surface area contributed by atoms with Gasteiger partial charge in [0.25, 0.3) is 5.91 Å². The van der Waals surface area contributed by atoms with Gasteiger partial charge in [-0.15, -0.1) is 0 Å². The van der Waals surface area contributed by atoms with Crippen LogP contribution in [0.1, 0.15) is 15.9 Å². The van der Waals surface area contributed by atoms with Gasteiger partial charge < -0.3 is 9.88 Å². The number of carbonyl (C=O) groups is 1. The van der Waals surface area contributed by atoms with E-state index in [0.29, 0.717) is 11.3 Å². The number of aromatic nitrogens is 1. The fourth-order valence-corrected chi connectivity index (χ4v) is 2.24. The highest BCUT2D eigenvalue weighted by Crippen LogP contribution is 2.23. The lowest BCUT2D eigenvalue weighted by Crippen LogP contribution is -2.19. The third kappa shape index (κ3) is 3.12. The number of anilines is 1. The number of benzene rings is 1. The number of aryl methyl sites for hydroxylation is 2. The Morgan fingerprint density at radius 1 is 1.26 bits per heavy atom. The van der Waals surface area contributed by atoms with Crippen molar-refractivity contribution in [3.63, 3.8) is 0 Å². The Hall–Kier alpha value is -1.88. The second-order valence-electron chi connectivity index (χ2n) is 4.30. The smallest absolute Gasteiger partial charge is 0.257 e. The average Bonchev–Trinajstić information content (AvgIpc) is 2.36. The van der Waals surface area contributed by atoms with Crippen molar-refractivity contribution in [2.24, 2.45) is 7.05 Å². The van der Waals surface area contributed by atoms with Gasteiger partial charge in [0.05, 0.1) is 11.3 Å². The minimum Gasteiger partial charge on any atom is -0.321 e. The molecule has 2 aromatic rings. The number of hydrogen-bond donors (Lipinski definition) is 1. The van der Waals surface area contributed by atoms with Crippen molar-refractivity contribution in [1.29, 1.82) is 0 Å². The summed E-state index contributed by atoms with van der Waals surface area (Å²) in [5, 5.41) is 2.80. The van der Waals surface area contributed by atoms with Gasteiger partial charge in [0.2, 0.25) is 5.56 Å². The van der Waals surface area contributed by atoms with E-state index in [-0.39, 0.29) is 11.5 Å². The fourth-order valence-electron chi connectivity index (χ4n) is 1.64. The average molecular weight is 321 g/mol. The highest BCUT2D eigenvalue weighted by molar-refractivity contribution is 9.10. The van der Waals surface area contributed by atoms with E-state index in [1.165, 1.54) is 22.9 Å². The van der Waals surface area contributed by atoms with Crippen molar-refractivity contribution < 1.29 is 4.79 Å². The largest absolute Gasteiger partial charge is 0.321 e. The van der Waals surface area contributed by atoms with Crippen molar-refractivity contribution >= 4 is 27.5 Å². The van der Waals surface area contributed by atoms with Crippen molar-refractivity contribution in [3.8, 4) is 0 Å². The lowest BCUT2D eigenvalue weighted by atomic mass is 10.2. The molecule has 0 spiro atoms. The van der Waals surface area contributed by atoms with Crippen LogP contribution in [0.3, 0.4) is 0 Å². The van der Waals surface area contributed by atoms with E-state index in [2.05, 4.69) is 21.2 Å². The van der Waals surface area contributed by atoms with Crippen molar-refractivity contribution in [2.45, 2.75) is 6.92 Å². The molecular weight excluding hydrogens is 308 g/mol. The number of hydrogen-bond acceptors (Lipinski definition) is 2. The normalized spacial score (nSPS) is 10.3. The van der Waals surface area contributed by atoms with Crippen LogP contribution in [0.4, 0.5) is 5.69 Å². The highest BCUT2D eigenvalue weighted by atomic mass is 79.9. The summed E-state index contributed by atoms with van der Waals surface area (Å²) >= 11 is 3.40. The van der Waals surface area contributed by atoms with Crippen molar-refractivity contribution in [1.82, 2.24) is 4.57 Å². The van der Waals surface area contributed by atoms with Crippen LogP contribution in [0, 0.1) is 6.92 Å². The fraction of sp³-hybridized carbons (Fsp3) is 0.143. The number of nitrogens with zero attached hydrogens (tertiary/aromatic N) is 1. The highest BCUT2D eigenvalue weighted by Gasteiger charge is 2.09. The van der Waals surface area contributed by atoms with Gasteiger partial charge in [-0.3, -0.25) is 9.59 Å². The van der Waals surface area contributed by atoms with Crippen LogP contribution in [0.5, 0.6) is 0 Å². The predicted molar refractivity (Wildman–Crippen MR) is 78.5 cm³/mol. The van der Waals surface area contributed by atoms with Crippen LogP contribution in [-0.2, 0) is 7.05 Å². The summed E-state index contributed by atoms with van der Waals surface area (Å²) < 4.78 is 2.20. The predicted octanol–water partition coefficient (Wildman–Crippen LogP) is 2.71. The molecule has 0 bridgehead atoms. The van der Waals surface area contributed by atoms with Crippen LogP contribution in [0.15, 0.2) is 45.8 Å². The number of amides is 1. The molecule has 1 aromatic carbocycles. The zero-order valence-corrected chi connectivity index (χ0v) is 12.2. The molecule has 1 N–H and O–H groups in total. The molecule has 0 aliphatic carbocycles. The lowest BCUT2D eigenvalue weighted by Gasteiger charge is -2.08. The van der Waals surface area contributed by atoms with E-state index in [0.717, 1.165) is 10.0 Å². The van der Waals surface area contributed by atoms with E-state index >= 15 is 0 Å². The Kier molecular flexibility index (Phi) is 3.85. The summed E-state index contributed by atoms with van der Waals surface area (Å²) in [6.45, 7) is 1.98. The minimum atomic E-state index is -0.250. The van der Waals surface area contributed by atoms with Gasteiger partial charge in [-0.25, -0.2) is 0 Å². The van der Waals surface area contributed by atoms with Crippen LogP contribution >= 0.6 is 15.9 Å². The Balaban J connectivity index is 2.25. The van der Waals surface area contributed by atoms with E-state index in [4.69, 9.17) is 0 Å². The molecule has 0 saturated carbocycles. The summed E-state index contributed by atoms with van der Waals surface area (Å²) in [6, 6.07) is 8.57. The van der Waals surface area contributed by atoms with Gasteiger partial charge in [0, 0.05) is 23.8 Å². The van der Waals surface area contributed by atoms with Crippen LogP contribution in [-0.4, -0.2) is 10.5 Å². The molecule has 19 heavy (non-hydrogen) atoms. The molecule has 1 aromatic heterocycles. The molecule has 5 heteroatoms. The van der Waals surface area contributed by atoms with Gasteiger partial charge in [-0.05, 0) is 46.6 Å². The zero-order chi connectivity index (χ0) is 14.0. The van der Waals surface area contributed by atoms with Crippen LogP contribution in [0.2, 0.25) is 0 Å². The van der Waals surface area contributed by atoms with Crippen molar-refractivity contribution in [2.75, 3.05) is 5.32 Å². The molecule has 0 radical (unpaired) electrons. The molecule has 0 unspecified atom stereocenters. The number of pyridine rings is 1. The van der Waals surface area contributed by atoms with Crippen LogP contribution < -0.4 is 10.9 Å². The summed E-state index contributed by atoms with van der Waals surface area (Å²) in [5.74, 6) is -0.250. The monoisotopic (exact) mass is 320 g/mol. The van der Waals surface area contributed by atoms with Crippen molar-refractivity contribution in [3.05, 3.63) is 62.5 Å². The standard InChI is InChI=1S/C14H13BrN2O2/c1-9-3-5-12(11(15)7-9)16-14(19)10-4-6-13(18)17(2)8-10/h3-8H,1-2H3,(H,16,19). The third-order valence-electron chi connectivity index (χ3n) is 2.72. The second-order valence-corrected chi connectivity index (χ2v) is 5.16. The SMILES string of the molecule is Cc1ccc(NC(=O)c2ccc(=O)n(C)c2)c(Br)c1. The van der Waals surface area contributed by atoms with Gasteiger partial charge in [0.15, 0.2) is 0 Å². The van der Waals surface area contributed by atoms with E-state index in [1.54, 1.807) is 7.05 Å². The lowest BCUT2D eigenvalue weighted by molar-refractivity contribution is 0.102. The first-order chi connectivity index (χ1) is 8.97. The van der Waals surface area contributed by atoms with Gasteiger partial charge >= 0.3 is 0 Å². The summed E-state index contributed by atoms with van der Waals surface area (Å²) in [4.78, 5) is 23.3. The number of halogens is 1. The molecule has 98 valence electrons. The maximum absolute atomic E-state index is 12.1. The number of nitrogens with one attached hydrogen (secondary N) is 1. The molecule has 0 fully saturated rings. The molecule has 1 amide bonds.